The minimum absolute atomic E-state index is 0.183. The second kappa shape index (κ2) is 9.43. The maximum atomic E-state index is 9.46. The third-order valence-corrected chi connectivity index (χ3v) is 19.2. The molecule has 0 amide bonds. The van der Waals surface area contributed by atoms with Crippen molar-refractivity contribution in [3.8, 4) is 12.1 Å². The van der Waals surface area contributed by atoms with Gasteiger partial charge in [0, 0.05) is 10.5 Å². The Hall–Kier alpha value is -0.820. The number of hydrogen-bond acceptors (Lipinski definition) is 10. The Balaban J connectivity index is 1.44. The van der Waals surface area contributed by atoms with Crippen LogP contribution < -0.4 is 0 Å². The van der Waals surface area contributed by atoms with Gasteiger partial charge in [-0.3, -0.25) is 0 Å². The third-order valence-electron chi connectivity index (χ3n) is 6.63. The van der Waals surface area contributed by atoms with Crippen molar-refractivity contribution in [2.75, 3.05) is 0 Å². The Morgan fingerprint density at radius 1 is 0.528 bits per heavy atom. The fourth-order valence-corrected chi connectivity index (χ4v) is 18.4. The maximum absolute atomic E-state index is 9.46. The zero-order valence-corrected chi connectivity index (χ0v) is 24.8. The van der Waals surface area contributed by atoms with Crippen molar-refractivity contribution in [1.29, 1.82) is 10.5 Å². The predicted molar refractivity (Wildman–Crippen MR) is 166 cm³/mol. The lowest BCUT2D eigenvalue weighted by Gasteiger charge is -2.62. The molecule has 7 rings (SSSR count). The van der Waals surface area contributed by atoms with Crippen molar-refractivity contribution in [2.45, 2.75) is 20.0 Å². The van der Waals surface area contributed by atoms with Gasteiger partial charge in [0.25, 0.3) is 0 Å². The van der Waals surface area contributed by atoms with Gasteiger partial charge < -0.3 is 0 Å². The van der Waals surface area contributed by atoms with Gasteiger partial charge in [0.2, 0.25) is 0 Å². The molecule has 3 fully saturated rings. The molecule has 0 N–H and O–H groups in total. The standard InChI is InChI=1S/C26H14N2S8/c27-13-15-1-5-17(6-2-15)25-19(33-23(35-25)21-29-9-10-30-21)20-26(25,18-7-3-16(14-28)4-8-18)36-24(34-20)22-31-11-12-32-22/h1-12,19-20H/t19-,20+,25-,26+. The zero-order valence-electron chi connectivity index (χ0n) is 18.2. The van der Waals surface area contributed by atoms with E-state index in [0.29, 0.717) is 21.6 Å². The lowest BCUT2D eigenvalue weighted by molar-refractivity contribution is 0.301. The second-order valence-corrected chi connectivity index (χ2v) is 17.8. The second-order valence-electron chi connectivity index (χ2n) is 8.30. The molecule has 1 saturated carbocycles. The average Bonchev–Trinajstić information content (AvgIpc) is 3.72. The summed E-state index contributed by atoms with van der Waals surface area (Å²) in [6.45, 7) is 0. The SMILES string of the molecule is N#Cc1ccc([C@@]23SC(=C4SC=CS4)S[C@@H]2[C@@H]2SC(=C4SC=CS4)S[C@@]23c2ccc(C#N)cc2)cc1. The van der Waals surface area contributed by atoms with E-state index >= 15 is 0 Å². The molecule has 2 nitrogen and oxygen atoms in total. The van der Waals surface area contributed by atoms with Crippen LogP contribution in [-0.4, -0.2) is 10.5 Å². The summed E-state index contributed by atoms with van der Waals surface area (Å²) in [6.07, 6.45) is 0. The zero-order chi connectivity index (χ0) is 24.3. The van der Waals surface area contributed by atoms with Crippen LogP contribution in [0.5, 0.6) is 0 Å². The molecule has 176 valence electrons. The fourth-order valence-electron chi connectivity index (χ4n) is 5.13. The van der Waals surface area contributed by atoms with E-state index in [-0.39, 0.29) is 9.49 Å². The van der Waals surface area contributed by atoms with Crippen LogP contribution in [0.25, 0.3) is 0 Å². The van der Waals surface area contributed by atoms with E-state index < -0.39 is 0 Å². The molecular formula is C26H14N2S8. The van der Waals surface area contributed by atoms with E-state index in [1.165, 1.54) is 28.1 Å². The van der Waals surface area contributed by atoms with Crippen molar-refractivity contribution >= 4 is 94.1 Å². The number of benzene rings is 2. The van der Waals surface area contributed by atoms with E-state index in [1.807, 2.05) is 118 Å². The highest BCUT2D eigenvalue weighted by Gasteiger charge is 2.80. The predicted octanol–water partition coefficient (Wildman–Crippen LogP) is 9.39. The van der Waals surface area contributed by atoms with Gasteiger partial charge in [-0.15, -0.1) is 47.0 Å². The summed E-state index contributed by atoms with van der Waals surface area (Å²) >= 11 is 15.4. The number of hydrogen-bond donors (Lipinski definition) is 0. The van der Waals surface area contributed by atoms with Crippen LogP contribution in [0.3, 0.4) is 0 Å². The first-order chi connectivity index (χ1) is 17.7. The third kappa shape index (κ3) is 3.42. The van der Waals surface area contributed by atoms with Gasteiger partial charge in [-0.25, -0.2) is 0 Å². The molecule has 5 aliphatic rings. The van der Waals surface area contributed by atoms with E-state index in [0.717, 1.165) is 0 Å². The summed E-state index contributed by atoms with van der Waals surface area (Å²) < 4.78 is 5.21. The van der Waals surface area contributed by atoms with Crippen molar-refractivity contribution in [1.82, 2.24) is 0 Å². The smallest absolute Gasteiger partial charge is 0.0991 e. The van der Waals surface area contributed by atoms with Crippen LogP contribution >= 0.6 is 94.1 Å². The van der Waals surface area contributed by atoms with E-state index in [4.69, 9.17) is 0 Å². The highest BCUT2D eigenvalue weighted by atomic mass is 32.2. The van der Waals surface area contributed by atoms with Gasteiger partial charge >= 0.3 is 0 Å². The van der Waals surface area contributed by atoms with Gasteiger partial charge in [-0.2, -0.15) is 10.5 Å². The number of fused-ring (bicyclic) bond motifs is 4. The average molecular weight is 611 g/mol. The summed E-state index contributed by atoms with van der Waals surface area (Å²) in [6, 6.07) is 21.2. The molecule has 2 aromatic rings. The molecule has 0 unspecified atom stereocenters. The van der Waals surface area contributed by atoms with Crippen LogP contribution in [0.4, 0.5) is 0 Å². The van der Waals surface area contributed by atoms with E-state index in [9.17, 15) is 10.5 Å². The van der Waals surface area contributed by atoms with Crippen LogP contribution in [0.2, 0.25) is 0 Å². The first-order valence-electron chi connectivity index (χ1n) is 10.9. The van der Waals surface area contributed by atoms with Gasteiger partial charge in [0.1, 0.15) is 0 Å². The molecule has 36 heavy (non-hydrogen) atoms. The fraction of sp³-hybridized carbons (Fsp3) is 0.154. The molecular weight excluding hydrogens is 597 g/mol. The molecule has 0 radical (unpaired) electrons. The molecule has 4 heterocycles. The van der Waals surface area contributed by atoms with Gasteiger partial charge in [0.05, 0.1) is 49.7 Å². The Morgan fingerprint density at radius 2 is 0.889 bits per heavy atom. The first-order valence-corrected chi connectivity index (χ1v) is 17.8. The molecule has 10 heteroatoms. The summed E-state index contributed by atoms with van der Waals surface area (Å²) in [4.78, 5) is 0. The molecule has 1 aliphatic carbocycles. The molecule has 4 aliphatic heterocycles. The van der Waals surface area contributed by atoms with Gasteiger partial charge in [-0.1, -0.05) is 71.3 Å². The molecule has 0 bridgehead atoms. The summed E-state index contributed by atoms with van der Waals surface area (Å²) in [5.74, 6) is 0. The minimum Gasteiger partial charge on any atom is -0.192 e. The highest BCUT2D eigenvalue weighted by Crippen LogP contribution is 2.87. The Morgan fingerprint density at radius 3 is 1.22 bits per heavy atom. The molecule has 4 atom stereocenters. The highest BCUT2D eigenvalue weighted by molar-refractivity contribution is 8.35. The molecule has 2 saturated heterocycles. The van der Waals surface area contributed by atoms with Crippen molar-refractivity contribution in [2.24, 2.45) is 0 Å². The van der Waals surface area contributed by atoms with Crippen molar-refractivity contribution < 1.29 is 0 Å². The Labute approximate surface area is 244 Å². The van der Waals surface area contributed by atoms with Crippen LogP contribution in [-0.2, 0) is 9.49 Å². The molecule has 2 aromatic carbocycles. The van der Waals surface area contributed by atoms with Crippen LogP contribution in [0, 0.1) is 22.7 Å². The molecule has 0 aromatic heterocycles. The normalized spacial score (nSPS) is 31.8. The monoisotopic (exact) mass is 610 g/mol. The lowest BCUT2D eigenvalue weighted by Crippen LogP contribution is -2.68. The number of thioether (sulfide) groups is 8. The maximum Gasteiger partial charge on any atom is 0.0991 e. The number of nitrogens with zero attached hydrogens (tertiary/aromatic N) is 2. The van der Waals surface area contributed by atoms with Crippen LogP contribution in [0.1, 0.15) is 22.3 Å². The quantitative estimate of drug-likeness (QED) is 0.329. The van der Waals surface area contributed by atoms with E-state index in [2.05, 4.69) is 58.0 Å². The number of rotatable bonds is 2. The Kier molecular flexibility index (Phi) is 6.35. The van der Waals surface area contributed by atoms with Crippen molar-refractivity contribution in [3.05, 3.63) is 109 Å². The Bertz CT molecular complexity index is 1340. The summed E-state index contributed by atoms with van der Waals surface area (Å²) in [5, 5.41) is 28.4. The van der Waals surface area contributed by atoms with Gasteiger partial charge in [0.15, 0.2) is 0 Å². The van der Waals surface area contributed by atoms with Gasteiger partial charge in [-0.05, 0) is 57.0 Å². The minimum atomic E-state index is -0.183. The largest absolute Gasteiger partial charge is 0.192 e. The molecule has 0 spiro atoms. The lowest BCUT2D eigenvalue weighted by atomic mass is 9.63. The summed E-state index contributed by atoms with van der Waals surface area (Å²) in [7, 11) is 0. The first kappa shape index (κ1) is 24.2. The van der Waals surface area contributed by atoms with Crippen LogP contribution in [0.15, 0.2) is 87.1 Å². The van der Waals surface area contributed by atoms with Crippen molar-refractivity contribution in [3.63, 3.8) is 0 Å². The summed E-state index contributed by atoms with van der Waals surface area (Å²) in [5.41, 5.74) is 3.95. The number of nitriles is 2. The topological polar surface area (TPSA) is 47.6 Å². The van der Waals surface area contributed by atoms with E-state index in [1.54, 1.807) is 0 Å².